The van der Waals surface area contributed by atoms with Crippen molar-refractivity contribution in [2.75, 3.05) is 0 Å². The summed E-state index contributed by atoms with van der Waals surface area (Å²) in [5.41, 5.74) is 1.36. The monoisotopic (exact) mass is 246 g/mol. The first-order chi connectivity index (χ1) is 8.16. The van der Waals surface area contributed by atoms with Gasteiger partial charge in [-0.2, -0.15) is 0 Å². The van der Waals surface area contributed by atoms with Crippen molar-refractivity contribution in [3.63, 3.8) is 0 Å². The van der Waals surface area contributed by atoms with E-state index in [1.807, 2.05) is 13.0 Å². The molecule has 0 unspecified atom stereocenters. The molecule has 0 radical (unpaired) electrons. The van der Waals surface area contributed by atoms with Crippen molar-refractivity contribution < 1.29 is 9.53 Å². The van der Waals surface area contributed by atoms with E-state index in [-0.39, 0.29) is 5.97 Å². The third kappa shape index (κ3) is 2.86. The van der Waals surface area contributed by atoms with Gasteiger partial charge in [-0.1, -0.05) is 29.8 Å². The Balaban J connectivity index is 2.19. The second-order valence-corrected chi connectivity index (χ2v) is 4.10. The molecule has 0 bridgehead atoms. The summed E-state index contributed by atoms with van der Waals surface area (Å²) >= 11 is 5.83. The second-order valence-electron chi connectivity index (χ2n) is 3.67. The third-order valence-electron chi connectivity index (χ3n) is 2.35. The molecule has 2 rings (SSSR count). The van der Waals surface area contributed by atoms with Crippen molar-refractivity contribution in [3.8, 4) is 5.75 Å². The number of hydrogen-bond acceptors (Lipinski definition) is 2. The molecule has 0 saturated carbocycles. The maximum Gasteiger partial charge on any atom is 0.343 e. The number of carbonyl (C=O) groups excluding carboxylic acids is 1. The van der Waals surface area contributed by atoms with Gasteiger partial charge in [-0.25, -0.2) is 4.79 Å². The maximum absolute atomic E-state index is 11.8. The molecule has 0 N–H and O–H groups in total. The van der Waals surface area contributed by atoms with Gasteiger partial charge < -0.3 is 4.74 Å². The minimum absolute atomic E-state index is 0.365. The Hall–Kier alpha value is -1.80. The molecule has 17 heavy (non-hydrogen) atoms. The Morgan fingerprint density at radius 1 is 1.12 bits per heavy atom. The predicted molar refractivity (Wildman–Crippen MR) is 67.6 cm³/mol. The summed E-state index contributed by atoms with van der Waals surface area (Å²) in [4.78, 5) is 11.8. The van der Waals surface area contributed by atoms with E-state index < -0.39 is 0 Å². The van der Waals surface area contributed by atoms with Gasteiger partial charge in [0.15, 0.2) is 0 Å². The minimum Gasteiger partial charge on any atom is -0.423 e. The van der Waals surface area contributed by atoms with Crippen LogP contribution in [-0.2, 0) is 0 Å². The van der Waals surface area contributed by atoms with Crippen molar-refractivity contribution in [2.24, 2.45) is 0 Å². The van der Waals surface area contributed by atoms with Gasteiger partial charge in [0.25, 0.3) is 0 Å². The zero-order valence-corrected chi connectivity index (χ0v) is 10.1. The van der Waals surface area contributed by atoms with E-state index in [2.05, 4.69) is 0 Å². The fraction of sp³-hybridized carbons (Fsp3) is 0.0714. The number of ether oxygens (including phenoxy) is 1. The topological polar surface area (TPSA) is 26.3 Å². The normalized spacial score (nSPS) is 10.0. The minimum atomic E-state index is -0.365. The molecular weight excluding hydrogens is 236 g/mol. The highest BCUT2D eigenvalue weighted by atomic mass is 35.5. The van der Waals surface area contributed by atoms with Crippen LogP contribution in [0.25, 0.3) is 0 Å². The SMILES string of the molecule is Cc1cc(Cl)ccc1OC(=O)c1ccccc1. The first-order valence-electron chi connectivity index (χ1n) is 5.20. The lowest BCUT2D eigenvalue weighted by molar-refractivity contribution is 0.0733. The van der Waals surface area contributed by atoms with Crippen LogP contribution >= 0.6 is 11.6 Å². The largest absolute Gasteiger partial charge is 0.423 e. The number of halogens is 1. The summed E-state index contributed by atoms with van der Waals surface area (Å²) in [5.74, 6) is 0.166. The first kappa shape index (κ1) is 11.7. The van der Waals surface area contributed by atoms with Crippen LogP contribution in [0.3, 0.4) is 0 Å². The molecule has 0 amide bonds. The van der Waals surface area contributed by atoms with Crippen LogP contribution in [0, 0.1) is 6.92 Å². The average molecular weight is 247 g/mol. The molecular formula is C14H11ClO2. The lowest BCUT2D eigenvalue weighted by Crippen LogP contribution is -2.08. The van der Waals surface area contributed by atoms with Gasteiger partial charge in [0.1, 0.15) is 5.75 Å². The Kier molecular flexibility index (Phi) is 3.45. The molecule has 86 valence electrons. The van der Waals surface area contributed by atoms with Gasteiger partial charge in [-0.05, 0) is 42.8 Å². The number of aryl methyl sites for hydroxylation is 1. The van der Waals surface area contributed by atoms with Gasteiger partial charge in [-0.15, -0.1) is 0 Å². The molecule has 2 aromatic rings. The number of carbonyl (C=O) groups is 1. The van der Waals surface area contributed by atoms with Gasteiger partial charge in [0, 0.05) is 5.02 Å². The van der Waals surface area contributed by atoms with E-state index in [0.29, 0.717) is 16.3 Å². The van der Waals surface area contributed by atoms with Crippen LogP contribution in [0.5, 0.6) is 5.75 Å². The van der Waals surface area contributed by atoms with Gasteiger partial charge in [0.2, 0.25) is 0 Å². The summed E-state index contributed by atoms with van der Waals surface area (Å²) in [7, 11) is 0. The van der Waals surface area contributed by atoms with Crippen molar-refractivity contribution in [3.05, 3.63) is 64.7 Å². The van der Waals surface area contributed by atoms with E-state index >= 15 is 0 Å². The van der Waals surface area contributed by atoms with Gasteiger partial charge in [-0.3, -0.25) is 0 Å². The number of benzene rings is 2. The quantitative estimate of drug-likeness (QED) is 0.594. The average Bonchev–Trinajstić information content (AvgIpc) is 2.34. The van der Waals surface area contributed by atoms with E-state index in [9.17, 15) is 4.79 Å². The molecule has 3 heteroatoms. The molecule has 0 fully saturated rings. The lowest BCUT2D eigenvalue weighted by Gasteiger charge is -2.07. The van der Waals surface area contributed by atoms with Crippen molar-refractivity contribution in [1.82, 2.24) is 0 Å². The Morgan fingerprint density at radius 2 is 1.82 bits per heavy atom. The van der Waals surface area contributed by atoms with Crippen molar-refractivity contribution in [1.29, 1.82) is 0 Å². The molecule has 0 aromatic heterocycles. The zero-order chi connectivity index (χ0) is 12.3. The molecule has 2 nitrogen and oxygen atoms in total. The highest BCUT2D eigenvalue weighted by molar-refractivity contribution is 6.30. The maximum atomic E-state index is 11.8. The van der Waals surface area contributed by atoms with Crippen LogP contribution in [0.2, 0.25) is 5.02 Å². The second kappa shape index (κ2) is 5.02. The summed E-state index contributed by atoms with van der Waals surface area (Å²) in [6.07, 6.45) is 0. The first-order valence-corrected chi connectivity index (χ1v) is 5.58. The van der Waals surface area contributed by atoms with E-state index in [0.717, 1.165) is 5.56 Å². The molecule has 0 atom stereocenters. The van der Waals surface area contributed by atoms with Gasteiger partial charge in [0.05, 0.1) is 5.56 Å². The Morgan fingerprint density at radius 3 is 2.47 bits per heavy atom. The van der Waals surface area contributed by atoms with Crippen molar-refractivity contribution in [2.45, 2.75) is 6.92 Å². The van der Waals surface area contributed by atoms with Gasteiger partial charge >= 0.3 is 5.97 Å². The molecule has 0 aliphatic heterocycles. The standard InChI is InChI=1S/C14H11ClO2/c1-10-9-12(15)7-8-13(10)17-14(16)11-5-3-2-4-6-11/h2-9H,1H3. The Labute approximate surface area is 105 Å². The molecule has 0 spiro atoms. The van der Waals surface area contributed by atoms with Crippen LogP contribution in [0.1, 0.15) is 15.9 Å². The smallest absolute Gasteiger partial charge is 0.343 e. The molecule has 0 aliphatic rings. The number of hydrogen-bond donors (Lipinski definition) is 0. The molecule has 2 aromatic carbocycles. The Bertz CT molecular complexity index is 535. The van der Waals surface area contributed by atoms with Crippen LogP contribution < -0.4 is 4.74 Å². The molecule has 0 saturated heterocycles. The number of esters is 1. The summed E-state index contributed by atoms with van der Waals surface area (Å²) in [5, 5.41) is 0.627. The molecule has 0 heterocycles. The molecule has 0 aliphatic carbocycles. The van der Waals surface area contributed by atoms with Crippen LogP contribution in [-0.4, -0.2) is 5.97 Å². The third-order valence-corrected chi connectivity index (χ3v) is 2.58. The van der Waals surface area contributed by atoms with Crippen LogP contribution in [0.4, 0.5) is 0 Å². The van der Waals surface area contributed by atoms with Crippen LogP contribution in [0.15, 0.2) is 48.5 Å². The van der Waals surface area contributed by atoms with E-state index in [1.54, 1.807) is 42.5 Å². The number of rotatable bonds is 2. The summed E-state index contributed by atoms with van der Waals surface area (Å²) in [6.45, 7) is 1.85. The van der Waals surface area contributed by atoms with E-state index in [4.69, 9.17) is 16.3 Å². The highest BCUT2D eigenvalue weighted by Crippen LogP contribution is 2.22. The fourth-order valence-electron chi connectivity index (χ4n) is 1.46. The fourth-order valence-corrected chi connectivity index (χ4v) is 1.69. The van der Waals surface area contributed by atoms with Crippen molar-refractivity contribution >= 4 is 17.6 Å². The predicted octanol–water partition coefficient (Wildman–Crippen LogP) is 3.87. The lowest BCUT2D eigenvalue weighted by atomic mass is 10.2. The summed E-state index contributed by atoms with van der Waals surface area (Å²) < 4.78 is 5.29. The summed E-state index contributed by atoms with van der Waals surface area (Å²) in [6, 6.07) is 14.0. The zero-order valence-electron chi connectivity index (χ0n) is 9.31. The van der Waals surface area contributed by atoms with E-state index in [1.165, 1.54) is 0 Å². The highest BCUT2D eigenvalue weighted by Gasteiger charge is 2.09.